The molecule has 0 atom stereocenters. The molecule has 25 heavy (non-hydrogen) atoms. The Morgan fingerprint density at radius 1 is 1.24 bits per heavy atom. The van der Waals surface area contributed by atoms with Crippen LogP contribution in [-0.4, -0.2) is 30.5 Å². The summed E-state index contributed by atoms with van der Waals surface area (Å²) in [6, 6.07) is 7.96. The zero-order chi connectivity index (χ0) is 17.9. The standard InChI is InChI=1S/C16H13F3N2O4/c17-16(18,19)8-23-15-11(2-1-5-20-15)14(22)21-7-10-3-4-12-13(6-10)25-9-24-12/h1-6H,7-9H2,(H,21,22). The van der Waals surface area contributed by atoms with Crippen molar-refractivity contribution >= 4 is 5.91 Å². The molecule has 0 aliphatic carbocycles. The molecule has 0 unspecified atom stereocenters. The van der Waals surface area contributed by atoms with E-state index in [2.05, 4.69) is 15.0 Å². The van der Waals surface area contributed by atoms with E-state index in [0.717, 1.165) is 5.56 Å². The van der Waals surface area contributed by atoms with Gasteiger partial charge in [-0.25, -0.2) is 4.98 Å². The number of benzene rings is 1. The minimum Gasteiger partial charge on any atom is -0.467 e. The molecule has 1 amide bonds. The third-order valence-corrected chi connectivity index (χ3v) is 3.28. The highest BCUT2D eigenvalue weighted by Gasteiger charge is 2.29. The highest BCUT2D eigenvalue weighted by atomic mass is 19.4. The molecule has 0 saturated carbocycles. The molecule has 1 aromatic carbocycles. The molecule has 0 bridgehead atoms. The van der Waals surface area contributed by atoms with Gasteiger partial charge in [-0.3, -0.25) is 4.79 Å². The number of carbonyl (C=O) groups excluding carboxylic acids is 1. The summed E-state index contributed by atoms with van der Waals surface area (Å²) >= 11 is 0. The molecular formula is C16H13F3N2O4. The molecule has 0 fully saturated rings. The fraction of sp³-hybridized carbons (Fsp3) is 0.250. The zero-order valence-electron chi connectivity index (χ0n) is 12.8. The maximum absolute atomic E-state index is 12.3. The number of carbonyl (C=O) groups is 1. The Kier molecular flexibility index (Phi) is 4.64. The molecule has 0 radical (unpaired) electrons. The Bertz CT molecular complexity index is 780. The van der Waals surface area contributed by atoms with Crippen molar-refractivity contribution in [1.29, 1.82) is 0 Å². The number of nitrogens with zero attached hydrogens (tertiary/aromatic N) is 1. The summed E-state index contributed by atoms with van der Waals surface area (Å²) in [4.78, 5) is 15.9. The van der Waals surface area contributed by atoms with Gasteiger partial charge in [-0.15, -0.1) is 0 Å². The summed E-state index contributed by atoms with van der Waals surface area (Å²) in [5.74, 6) is 0.221. The second-order valence-electron chi connectivity index (χ2n) is 5.13. The second kappa shape index (κ2) is 6.88. The van der Waals surface area contributed by atoms with Crippen molar-refractivity contribution in [1.82, 2.24) is 10.3 Å². The van der Waals surface area contributed by atoms with Crippen LogP contribution >= 0.6 is 0 Å². The lowest BCUT2D eigenvalue weighted by atomic mass is 10.2. The largest absolute Gasteiger partial charge is 0.467 e. The zero-order valence-corrected chi connectivity index (χ0v) is 12.8. The van der Waals surface area contributed by atoms with Crippen LogP contribution < -0.4 is 19.5 Å². The van der Waals surface area contributed by atoms with Crippen LogP contribution in [0, 0.1) is 0 Å². The maximum Gasteiger partial charge on any atom is 0.422 e. The van der Waals surface area contributed by atoms with E-state index in [-0.39, 0.29) is 24.8 Å². The van der Waals surface area contributed by atoms with E-state index in [0.29, 0.717) is 11.5 Å². The molecule has 3 rings (SSSR count). The first kappa shape index (κ1) is 16.9. The van der Waals surface area contributed by atoms with Gasteiger partial charge >= 0.3 is 6.18 Å². The number of ether oxygens (including phenoxy) is 3. The first-order chi connectivity index (χ1) is 11.9. The third-order valence-electron chi connectivity index (χ3n) is 3.28. The van der Waals surface area contributed by atoms with Gasteiger partial charge in [0, 0.05) is 12.7 Å². The predicted molar refractivity (Wildman–Crippen MR) is 79.5 cm³/mol. The fourth-order valence-corrected chi connectivity index (χ4v) is 2.16. The first-order valence-corrected chi connectivity index (χ1v) is 7.24. The van der Waals surface area contributed by atoms with Crippen molar-refractivity contribution in [2.45, 2.75) is 12.7 Å². The number of pyridine rings is 1. The van der Waals surface area contributed by atoms with Crippen molar-refractivity contribution in [2.24, 2.45) is 0 Å². The number of nitrogens with one attached hydrogen (secondary N) is 1. The Morgan fingerprint density at radius 3 is 2.84 bits per heavy atom. The van der Waals surface area contributed by atoms with E-state index in [9.17, 15) is 18.0 Å². The van der Waals surface area contributed by atoms with Gasteiger partial charge in [-0.2, -0.15) is 13.2 Å². The lowest BCUT2D eigenvalue weighted by Crippen LogP contribution is -2.25. The first-order valence-electron chi connectivity index (χ1n) is 7.24. The number of amides is 1. The minimum absolute atomic E-state index is 0.0764. The SMILES string of the molecule is O=C(NCc1ccc2c(c1)OCO2)c1cccnc1OCC(F)(F)F. The summed E-state index contributed by atoms with van der Waals surface area (Å²) in [5, 5.41) is 2.61. The van der Waals surface area contributed by atoms with Crippen LogP contribution in [0.1, 0.15) is 15.9 Å². The van der Waals surface area contributed by atoms with E-state index in [4.69, 9.17) is 9.47 Å². The van der Waals surface area contributed by atoms with Crippen LogP contribution in [-0.2, 0) is 6.54 Å². The quantitative estimate of drug-likeness (QED) is 0.894. The molecule has 2 aromatic rings. The number of hydrogen-bond acceptors (Lipinski definition) is 5. The summed E-state index contributed by atoms with van der Waals surface area (Å²) < 4.78 is 51.9. The lowest BCUT2D eigenvalue weighted by Gasteiger charge is -2.12. The van der Waals surface area contributed by atoms with Crippen molar-refractivity contribution in [2.75, 3.05) is 13.4 Å². The van der Waals surface area contributed by atoms with E-state index in [1.807, 2.05) is 0 Å². The van der Waals surface area contributed by atoms with Crippen LogP contribution in [0.4, 0.5) is 13.2 Å². The predicted octanol–water partition coefficient (Wildman–Crippen LogP) is 2.68. The van der Waals surface area contributed by atoms with Crippen LogP contribution in [0.5, 0.6) is 17.4 Å². The minimum atomic E-state index is -4.52. The molecule has 0 spiro atoms. The summed E-state index contributed by atoms with van der Waals surface area (Å²) in [6.07, 6.45) is -3.27. The summed E-state index contributed by atoms with van der Waals surface area (Å²) in [6.45, 7) is -1.23. The molecule has 9 heteroatoms. The lowest BCUT2D eigenvalue weighted by molar-refractivity contribution is -0.154. The smallest absolute Gasteiger partial charge is 0.422 e. The van der Waals surface area contributed by atoms with Crippen molar-refractivity contribution in [3.8, 4) is 17.4 Å². The van der Waals surface area contributed by atoms with E-state index in [1.165, 1.54) is 18.3 Å². The Morgan fingerprint density at radius 2 is 2.04 bits per heavy atom. The van der Waals surface area contributed by atoms with Gasteiger partial charge in [0.2, 0.25) is 12.7 Å². The normalized spacial score (nSPS) is 12.8. The van der Waals surface area contributed by atoms with E-state index >= 15 is 0 Å². The molecule has 2 heterocycles. The molecule has 1 aromatic heterocycles. The highest BCUT2D eigenvalue weighted by molar-refractivity contribution is 5.96. The van der Waals surface area contributed by atoms with Gasteiger partial charge in [-0.05, 0) is 29.8 Å². The van der Waals surface area contributed by atoms with Crippen molar-refractivity contribution in [3.63, 3.8) is 0 Å². The number of fused-ring (bicyclic) bond motifs is 1. The number of aromatic nitrogens is 1. The Labute approximate surface area is 140 Å². The van der Waals surface area contributed by atoms with E-state index < -0.39 is 18.7 Å². The van der Waals surface area contributed by atoms with Gasteiger partial charge in [0.15, 0.2) is 18.1 Å². The van der Waals surface area contributed by atoms with Crippen LogP contribution in [0.2, 0.25) is 0 Å². The van der Waals surface area contributed by atoms with Gasteiger partial charge in [0.25, 0.3) is 5.91 Å². The molecule has 1 aliphatic heterocycles. The fourth-order valence-electron chi connectivity index (χ4n) is 2.16. The molecule has 132 valence electrons. The van der Waals surface area contributed by atoms with Crippen LogP contribution in [0.25, 0.3) is 0 Å². The topological polar surface area (TPSA) is 69.7 Å². The molecular weight excluding hydrogens is 341 g/mol. The number of hydrogen-bond donors (Lipinski definition) is 1. The monoisotopic (exact) mass is 354 g/mol. The van der Waals surface area contributed by atoms with Gasteiger partial charge in [0.1, 0.15) is 5.56 Å². The van der Waals surface area contributed by atoms with Crippen molar-refractivity contribution in [3.05, 3.63) is 47.7 Å². The summed E-state index contributed by atoms with van der Waals surface area (Å²) in [7, 11) is 0. The Hall–Kier alpha value is -2.97. The van der Waals surface area contributed by atoms with Crippen LogP contribution in [0.3, 0.4) is 0 Å². The third kappa shape index (κ3) is 4.31. The van der Waals surface area contributed by atoms with Gasteiger partial charge < -0.3 is 19.5 Å². The molecule has 6 nitrogen and oxygen atoms in total. The van der Waals surface area contributed by atoms with Gasteiger partial charge in [0.05, 0.1) is 0 Å². The Balaban J connectivity index is 1.65. The highest BCUT2D eigenvalue weighted by Crippen LogP contribution is 2.32. The summed E-state index contributed by atoms with van der Waals surface area (Å²) in [5.41, 5.74) is 0.673. The van der Waals surface area contributed by atoms with Crippen molar-refractivity contribution < 1.29 is 32.2 Å². The number of alkyl halides is 3. The molecule has 1 aliphatic rings. The number of rotatable bonds is 5. The maximum atomic E-state index is 12.3. The molecule has 0 saturated heterocycles. The number of halogens is 3. The average molecular weight is 354 g/mol. The average Bonchev–Trinajstić information content (AvgIpc) is 3.05. The van der Waals surface area contributed by atoms with Gasteiger partial charge in [-0.1, -0.05) is 6.07 Å². The van der Waals surface area contributed by atoms with E-state index in [1.54, 1.807) is 18.2 Å². The van der Waals surface area contributed by atoms with Crippen LogP contribution in [0.15, 0.2) is 36.5 Å². The second-order valence-corrected chi connectivity index (χ2v) is 5.13. The molecule has 1 N–H and O–H groups in total.